The third kappa shape index (κ3) is 4.77. The average Bonchev–Trinajstić information content (AvgIpc) is 2.41. The fourth-order valence-corrected chi connectivity index (χ4v) is 1.84. The fraction of sp³-hybridized carbons (Fsp3) is 0.500. The van der Waals surface area contributed by atoms with E-state index in [2.05, 4.69) is 20.9 Å². The highest BCUT2D eigenvalue weighted by atomic mass is 79.9. The van der Waals surface area contributed by atoms with Gasteiger partial charge in [0, 0.05) is 38.0 Å². The first-order valence-electron chi connectivity index (χ1n) is 5.78. The van der Waals surface area contributed by atoms with Gasteiger partial charge in [-0.25, -0.2) is 4.98 Å². The van der Waals surface area contributed by atoms with Crippen molar-refractivity contribution in [1.29, 1.82) is 0 Å². The zero-order valence-electron chi connectivity index (χ0n) is 11.1. The first kappa shape index (κ1) is 15.9. The number of halogens is 1. The molecule has 0 atom stereocenters. The van der Waals surface area contributed by atoms with Crippen molar-refractivity contribution in [2.45, 2.75) is 0 Å². The van der Waals surface area contributed by atoms with E-state index < -0.39 is 0 Å². The summed E-state index contributed by atoms with van der Waals surface area (Å²) in [6, 6.07) is 1.66. The molecule has 106 valence electrons. The molecule has 1 rings (SSSR count). The van der Waals surface area contributed by atoms with E-state index in [1.807, 2.05) is 0 Å². The van der Waals surface area contributed by atoms with Gasteiger partial charge < -0.3 is 20.1 Å². The molecule has 0 aromatic carbocycles. The van der Waals surface area contributed by atoms with Crippen LogP contribution in [0, 0.1) is 0 Å². The minimum absolute atomic E-state index is 0.180. The molecule has 0 aliphatic heterocycles. The van der Waals surface area contributed by atoms with Crippen LogP contribution in [0.15, 0.2) is 16.7 Å². The molecule has 1 heterocycles. The monoisotopic (exact) mass is 331 g/mol. The Bertz CT molecular complexity index is 421. The molecule has 0 radical (unpaired) electrons. The van der Waals surface area contributed by atoms with Crippen LogP contribution in [0.2, 0.25) is 0 Å². The molecular formula is C12H18BrN3O3. The van der Waals surface area contributed by atoms with Gasteiger partial charge in [0.1, 0.15) is 5.82 Å². The van der Waals surface area contributed by atoms with Gasteiger partial charge in [-0.05, 0) is 22.0 Å². The lowest BCUT2D eigenvalue weighted by molar-refractivity contribution is 0.0628. The molecule has 0 saturated heterocycles. The van der Waals surface area contributed by atoms with Gasteiger partial charge in [-0.15, -0.1) is 0 Å². The van der Waals surface area contributed by atoms with Crippen molar-refractivity contribution in [2.75, 3.05) is 46.3 Å². The van der Waals surface area contributed by atoms with Gasteiger partial charge in [0.05, 0.1) is 18.8 Å². The summed E-state index contributed by atoms with van der Waals surface area (Å²) in [5, 5.41) is 0. The first-order chi connectivity index (χ1) is 9.10. The Kier molecular flexibility index (Phi) is 6.75. The minimum atomic E-state index is -0.180. The van der Waals surface area contributed by atoms with Gasteiger partial charge in [0.2, 0.25) is 0 Å². The molecule has 0 fully saturated rings. The summed E-state index contributed by atoms with van der Waals surface area (Å²) in [6.07, 6.45) is 1.56. The molecule has 1 aromatic heterocycles. The van der Waals surface area contributed by atoms with E-state index in [4.69, 9.17) is 15.2 Å². The molecule has 19 heavy (non-hydrogen) atoms. The summed E-state index contributed by atoms with van der Waals surface area (Å²) in [6.45, 7) is 1.86. The maximum atomic E-state index is 12.4. The largest absolute Gasteiger partial charge is 0.383 e. The molecule has 1 amide bonds. The number of hydrogen-bond donors (Lipinski definition) is 1. The highest BCUT2D eigenvalue weighted by Crippen LogP contribution is 2.17. The van der Waals surface area contributed by atoms with E-state index in [1.165, 1.54) is 0 Å². The fourth-order valence-electron chi connectivity index (χ4n) is 1.51. The number of ether oxygens (including phenoxy) is 2. The number of aromatic nitrogens is 1. The topological polar surface area (TPSA) is 77.7 Å². The van der Waals surface area contributed by atoms with Crippen LogP contribution in [0.3, 0.4) is 0 Å². The number of rotatable bonds is 7. The van der Waals surface area contributed by atoms with Crippen molar-refractivity contribution >= 4 is 27.7 Å². The van der Waals surface area contributed by atoms with E-state index in [1.54, 1.807) is 31.4 Å². The minimum Gasteiger partial charge on any atom is -0.383 e. The highest BCUT2D eigenvalue weighted by molar-refractivity contribution is 9.10. The van der Waals surface area contributed by atoms with Gasteiger partial charge in [0.15, 0.2) is 0 Å². The van der Waals surface area contributed by atoms with Gasteiger partial charge >= 0.3 is 0 Å². The summed E-state index contributed by atoms with van der Waals surface area (Å²) < 4.78 is 10.7. The number of methoxy groups -OCH3 is 2. The van der Waals surface area contributed by atoms with Crippen molar-refractivity contribution in [3.63, 3.8) is 0 Å². The number of hydrogen-bond acceptors (Lipinski definition) is 5. The van der Waals surface area contributed by atoms with Crippen molar-refractivity contribution in [3.05, 3.63) is 22.3 Å². The zero-order chi connectivity index (χ0) is 14.3. The van der Waals surface area contributed by atoms with Crippen LogP contribution >= 0.6 is 15.9 Å². The lowest BCUT2D eigenvalue weighted by atomic mass is 10.2. The Morgan fingerprint density at radius 3 is 2.47 bits per heavy atom. The van der Waals surface area contributed by atoms with Crippen molar-refractivity contribution in [1.82, 2.24) is 9.88 Å². The normalized spacial score (nSPS) is 10.5. The Labute approximate surface area is 121 Å². The van der Waals surface area contributed by atoms with Crippen LogP contribution in [0.25, 0.3) is 0 Å². The summed E-state index contributed by atoms with van der Waals surface area (Å²) in [5.41, 5.74) is 6.12. The molecule has 0 saturated carbocycles. The van der Waals surface area contributed by atoms with E-state index in [9.17, 15) is 4.79 Å². The van der Waals surface area contributed by atoms with Crippen LogP contribution in [-0.4, -0.2) is 56.3 Å². The van der Waals surface area contributed by atoms with E-state index in [0.29, 0.717) is 36.3 Å². The van der Waals surface area contributed by atoms with E-state index >= 15 is 0 Å². The maximum Gasteiger partial charge on any atom is 0.257 e. The Hall–Kier alpha value is -1.18. The number of carbonyl (C=O) groups excluding carboxylic acids is 1. The van der Waals surface area contributed by atoms with Crippen LogP contribution in [0.4, 0.5) is 5.82 Å². The quantitative estimate of drug-likeness (QED) is 0.811. The maximum absolute atomic E-state index is 12.4. The molecule has 0 bridgehead atoms. The second kappa shape index (κ2) is 8.08. The number of nitrogens with two attached hydrogens (primary N) is 1. The molecule has 0 aliphatic carbocycles. The lowest BCUT2D eigenvalue weighted by Gasteiger charge is -2.22. The lowest BCUT2D eigenvalue weighted by Crippen LogP contribution is -2.37. The summed E-state index contributed by atoms with van der Waals surface area (Å²) in [4.78, 5) is 18.0. The smallest absolute Gasteiger partial charge is 0.257 e. The van der Waals surface area contributed by atoms with Crippen molar-refractivity contribution in [2.24, 2.45) is 0 Å². The number of amides is 1. The predicted octanol–water partition coefficient (Wildman–Crippen LogP) is 1.16. The molecule has 0 spiro atoms. The Balaban J connectivity index is 2.87. The predicted molar refractivity (Wildman–Crippen MR) is 76.0 cm³/mol. The number of nitrogen functional groups attached to an aromatic ring is 1. The van der Waals surface area contributed by atoms with Crippen LogP contribution < -0.4 is 5.73 Å². The number of nitrogens with zero attached hydrogens (tertiary/aromatic N) is 2. The summed E-state index contributed by atoms with van der Waals surface area (Å²) in [7, 11) is 3.18. The average molecular weight is 332 g/mol. The van der Waals surface area contributed by atoms with Crippen LogP contribution in [0.5, 0.6) is 0 Å². The van der Waals surface area contributed by atoms with E-state index in [0.717, 1.165) is 0 Å². The van der Waals surface area contributed by atoms with Crippen LogP contribution in [0.1, 0.15) is 10.4 Å². The number of anilines is 1. The molecule has 6 nitrogen and oxygen atoms in total. The summed E-state index contributed by atoms with van der Waals surface area (Å²) in [5.74, 6) is 0.0356. The van der Waals surface area contributed by atoms with Gasteiger partial charge in [0.25, 0.3) is 5.91 Å². The molecule has 0 aliphatic rings. The number of carbonyl (C=O) groups is 1. The SMILES string of the molecule is COCCN(CCOC)C(=O)c1cc(Br)cnc1N. The van der Waals surface area contributed by atoms with Crippen molar-refractivity contribution < 1.29 is 14.3 Å². The van der Waals surface area contributed by atoms with Crippen LogP contribution in [-0.2, 0) is 9.47 Å². The molecule has 1 aromatic rings. The highest BCUT2D eigenvalue weighted by Gasteiger charge is 2.18. The van der Waals surface area contributed by atoms with Crippen molar-refractivity contribution in [3.8, 4) is 0 Å². The second-order valence-corrected chi connectivity index (χ2v) is 4.78. The molecule has 2 N–H and O–H groups in total. The third-order valence-corrected chi connectivity index (χ3v) is 2.97. The Morgan fingerprint density at radius 1 is 1.37 bits per heavy atom. The van der Waals surface area contributed by atoms with Gasteiger partial charge in [-0.1, -0.05) is 0 Å². The number of pyridine rings is 1. The first-order valence-corrected chi connectivity index (χ1v) is 6.57. The zero-order valence-corrected chi connectivity index (χ0v) is 12.6. The van der Waals surface area contributed by atoms with Gasteiger partial charge in [-0.2, -0.15) is 0 Å². The van der Waals surface area contributed by atoms with Gasteiger partial charge in [-0.3, -0.25) is 4.79 Å². The van der Waals surface area contributed by atoms with E-state index in [-0.39, 0.29) is 11.7 Å². The molecular weight excluding hydrogens is 314 g/mol. The Morgan fingerprint density at radius 2 is 1.95 bits per heavy atom. The summed E-state index contributed by atoms with van der Waals surface area (Å²) >= 11 is 3.28. The second-order valence-electron chi connectivity index (χ2n) is 3.86. The third-order valence-electron chi connectivity index (χ3n) is 2.53. The standard InChI is InChI=1S/C12H18BrN3O3/c1-18-5-3-16(4-6-19-2)12(17)10-7-9(13)8-15-11(10)14/h7-8H,3-6H2,1-2H3,(H2,14,15). The molecule has 7 heteroatoms. The molecule has 0 unspecified atom stereocenters.